The second kappa shape index (κ2) is 18.1. The van der Waals surface area contributed by atoms with E-state index < -0.39 is 17.5 Å². The molecule has 8 heteroatoms. The van der Waals surface area contributed by atoms with Crippen LogP contribution in [0.1, 0.15) is 84.7 Å². The lowest BCUT2D eigenvalue weighted by Gasteiger charge is -2.36. The molecular formula is C31H47F2N3O3. The van der Waals surface area contributed by atoms with Crippen LogP contribution in [-0.4, -0.2) is 54.5 Å². The molecule has 1 aromatic rings. The Labute approximate surface area is 234 Å². The van der Waals surface area contributed by atoms with E-state index in [1.807, 2.05) is 60.6 Å². The van der Waals surface area contributed by atoms with E-state index in [4.69, 9.17) is 4.74 Å². The van der Waals surface area contributed by atoms with Gasteiger partial charge in [-0.3, -0.25) is 9.59 Å². The number of nitrogens with one attached hydrogen (secondary N) is 1. The average Bonchev–Trinajstić information content (AvgIpc) is 2.94. The molecule has 0 radical (unpaired) electrons. The van der Waals surface area contributed by atoms with E-state index in [1.54, 1.807) is 22.9 Å². The Morgan fingerprint density at radius 3 is 2.13 bits per heavy atom. The lowest BCUT2D eigenvalue weighted by Crippen LogP contribution is -2.45. The van der Waals surface area contributed by atoms with Crippen molar-refractivity contribution in [3.8, 4) is 0 Å². The maximum atomic E-state index is 15.1. The van der Waals surface area contributed by atoms with Crippen molar-refractivity contribution in [2.24, 2.45) is 0 Å². The summed E-state index contributed by atoms with van der Waals surface area (Å²) in [7, 11) is 1.40. The first-order valence-electron chi connectivity index (χ1n) is 13.7. The molecule has 3 rings (SSSR count). The number of ether oxygens (including phenoxy) is 1. The molecule has 1 saturated heterocycles. The SMILES string of the molecule is C=C1C=C(C)C=CN1/C(CC1CN(C(C)=O)CCO1)=C(\C)c1c(F)cc(C(=O)NC)cc1F.CC.CC.CC. The normalized spacial score (nSPS) is 16.8. The van der Waals surface area contributed by atoms with Crippen LogP contribution in [0.5, 0.6) is 0 Å². The lowest BCUT2D eigenvalue weighted by atomic mass is 9.97. The zero-order valence-corrected chi connectivity index (χ0v) is 25.4. The molecule has 2 heterocycles. The van der Waals surface area contributed by atoms with Crippen LogP contribution in [0.25, 0.3) is 5.57 Å². The molecule has 6 nitrogen and oxygen atoms in total. The molecule has 2 aliphatic heterocycles. The zero-order valence-electron chi connectivity index (χ0n) is 25.4. The fourth-order valence-electron chi connectivity index (χ4n) is 4.06. The summed E-state index contributed by atoms with van der Waals surface area (Å²) in [5, 5.41) is 2.37. The van der Waals surface area contributed by atoms with Gasteiger partial charge >= 0.3 is 0 Å². The molecule has 0 spiro atoms. The van der Waals surface area contributed by atoms with Crippen molar-refractivity contribution >= 4 is 17.4 Å². The molecule has 2 aliphatic rings. The van der Waals surface area contributed by atoms with Crippen LogP contribution in [0.2, 0.25) is 0 Å². The van der Waals surface area contributed by atoms with E-state index in [0.29, 0.717) is 43.1 Å². The highest BCUT2D eigenvalue weighted by Gasteiger charge is 2.28. The molecule has 1 aromatic carbocycles. The average molecular weight is 548 g/mol. The van der Waals surface area contributed by atoms with Crippen LogP contribution in [0.4, 0.5) is 8.78 Å². The van der Waals surface area contributed by atoms with Gasteiger partial charge in [0.2, 0.25) is 5.91 Å². The maximum Gasteiger partial charge on any atom is 0.251 e. The van der Waals surface area contributed by atoms with Gasteiger partial charge in [-0.05, 0) is 49.3 Å². The fourth-order valence-corrected chi connectivity index (χ4v) is 4.06. The first-order valence-corrected chi connectivity index (χ1v) is 13.7. The topological polar surface area (TPSA) is 61.9 Å². The van der Waals surface area contributed by atoms with Gasteiger partial charge < -0.3 is 19.9 Å². The smallest absolute Gasteiger partial charge is 0.251 e. The van der Waals surface area contributed by atoms with Gasteiger partial charge in [0.05, 0.1) is 18.3 Å². The predicted molar refractivity (Wildman–Crippen MR) is 157 cm³/mol. The molecule has 0 aromatic heterocycles. The number of hydrogen-bond donors (Lipinski definition) is 1. The summed E-state index contributed by atoms with van der Waals surface area (Å²) >= 11 is 0. The molecule has 39 heavy (non-hydrogen) atoms. The molecule has 1 atom stereocenters. The van der Waals surface area contributed by atoms with E-state index in [1.165, 1.54) is 14.0 Å². The Hall–Kier alpha value is -3.26. The number of halogens is 2. The first-order chi connectivity index (χ1) is 18.6. The molecule has 0 bridgehead atoms. The summed E-state index contributed by atoms with van der Waals surface area (Å²) in [6.07, 6.45) is 5.52. The molecule has 2 amide bonds. The van der Waals surface area contributed by atoms with Gasteiger partial charge in [-0.25, -0.2) is 8.78 Å². The van der Waals surface area contributed by atoms with Gasteiger partial charge in [0.25, 0.3) is 5.91 Å². The summed E-state index contributed by atoms with van der Waals surface area (Å²) in [4.78, 5) is 27.2. The summed E-state index contributed by atoms with van der Waals surface area (Å²) in [6, 6.07) is 2.05. The lowest BCUT2D eigenvalue weighted by molar-refractivity contribution is -0.136. The maximum absolute atomic E-state index is 15.1. The molecule has 1 fully saturated rings. The molecule has 0 saturated carbocycles. The van der Waals surface area contributed by atoms with Gasteiger partial charge in [0, 0.05) is 56.6 Å². The quantitative estimate of drug-likeness (QED) is 0.429. The van der Waals surface area contributed by atoms with E-state index in [9.17, 15) is 9.59 Å². The van der Waals surface area contributed by atoms with Gasteiger partial charge in [0.15, 0.2) is 0 Å². The van der Waals surface area contributed by atoms with Crippen LogP contribution >= 0.6 is 0 Å². The predicted octanol–water partition coefficient (Wildman–Crippen LogP) is 7.06. The highest BCUT2D eigenvalue weighted by Crippen LogP contribution is 2.34. The minimum atomic E-state index is -0.836. The standard InChI is InChI=1S/C25H29F2N3O3.3C2H6/c1-15-6-7-30(16(2)10-15)23(13-20-14-29(18(4)31)8-9-33-20)17(3)24-21(26)11-19(12-22(24)27)25(32)28-5;3*1-2/h6-7,10-12,20H,2,8-9,13-14H2,1,3-5H3,(H,28,32);3*1-2H3/b23-17+;;;. The number of hydrogen-bond acceptors (Lipinski definition) is 4. The number of carbonyl (C=O) groups excluding carboxylic acids is 2. The first kappa shape index (κ1) is 35.7. The van der Waals surface area contributed by atoms with Crippen LogP contribution in [0, 0.1) is 11.6 Å². The number of allylic oxidation sites excluding steroid dienone is 4. The highest BCUT2D eigenvalue weighted by atomic mass is 19.1. The van der Waals surface area contributed by atoms with Crippen LogP contribution in [0.3, 0.4) is 0 Å². The van der Waals surface area contributed by atoms with Gasteiger partial charge in [-0.2, -0.15) is 0 Å². The fraction of sp³-hybridized carbons (Fsp3) is 0.484. The Balaban J connectivity index is 0.00000225. The van der Waals surface area contributed by atoms with Crippen molar-refractivity contribution in [3.05, 3.63) is 76.8 Å². The van der Waals surface area contributed by atoms with Crippen molar-refractivity contribution in [1.82, 2.24) is 15.1 Å². The third-order valence-electron chi connectivity index (χ3n) is 5.83. The van der Waals surface area contributed by atoms with Gasteiger partial charge in [0.1, 0.15) is 11.6 Å². The Morgan fingerprint density at radius 2 is 1.64 bits per heavy atom. The molecule has 218 valence electrons. The number of rotatable bonds is 5. The zero-order chi connectivity index (χ0) is 30.3. The highest BCUT2D eigenvalue weighted by molar-refractivity contribution is 5.94. The van der Waals surface area contributed by atoms with E-state index in [-0.39, 0.29) is 23.1 Å². The summed E-state index contributed by atoms with van der Waals surface area (Å²) < 4.78 is 36.0. The minimum Gasteiger partial charge on any atom is -0.374 e. The molecular weight excluding hydrogens is 500 g/mol. The van der Waals surface area contributed by atoms with Crippen molar-refractivity contribution < 1.29 is 23.1 Å². The van der Waals surface area contributed by atoms with Gasteiger partial charge in [-0.1, -0.05) is 48.1 Å². The summed E-state index contributed by atoms with van der Waals surface area (Å²) in [5.41, 5.74) is 2.28. The van der Waals surface area contributed by atoms with E-state index in [0.717, 1.165) is 17.7 Å². The van der Waals surface area contributed by atoms with E-state index >= 15 is 8.78 Å². The van der Waals surface area contributed by atoms with Crippen molar-refractivity contribution in [1.29, 1.82) is 0 Å². The molecule has 1 N–H and O–H groups in total. The van der Waals surface area contributed by atoms with E-state index in [2.05, 4.69) is 11.9 Å². The number of morpholine rings is 1. The van der Waals surface area contributed by atoms with Crippen molar-refractivity contribution in [3.63, 3.8) is 0 Å². The van der Waals surface area contributed by atoms with Crippen molar-refractivity contribution in [2.75, 3.05) is 26.7 Å². The van der Waals surface area contributed by atoms with Crippen LogP contribution in [0.15, 0.2) is 54.0 Å². The molecule has 1 unspecified atom stereocenters. The molecule has 0 aliphatic carbocycles. The largest absolute Gasteiger partial charge is 0.374 e. The number of amides is 2. The number of benzene rings is 1. The Morgan fingerprint density at radius 1 is 1.08 bits per heavy atom. The second-order valence-corrected chi connectivity index (χ2v) is 8.19. The minimum absolute atomic E-state index is 0.0479. The van der Waals surface area contributed by atoms with Gasteiger partial charge in [-0.15, -0.1) is 0 Å². The number of carbonyl (C=O) groups is 2. The second-order valence-electron chi connectivity index (χ2n) is 8.19. The monoisotopic (exact) mass is 547 g/mol. The van der Waals surface area contributed by atoms with Crippen molar-refractivity contribution in [2.45, 2.75) is 74.8 Å². The van der Waals surface area contributed by atoms with Crippen LogP contribution < -0.4 is 5.32 Å². The Kier molecular flexibility index (Phi) is 16.6. The third-order valence-corrected chi connectivity index (χ3v) is 5.83. The summed E-state index contributed by atoms with van der Waals surface area (Å²) in [5.74, 6) is -2.30. The Bertz CT molecular complexity index is 1050. The van der Waals surface area contributed by atoms with Crippen LogP contribution in [-0.2, 0) is 9.53 Å². The third kappa shape index (κ3) is 9.77. The number of nitrogens with zero attached hydrogens (tertiary/aromatic N) is 2. The summed E-state index contributed by atoms with van der Waals surface area (Å²) in [6.45, 7) is 22.4.